The van der Waals surface area contributed by atoms with E-state index < -0.39 is 0 Å². The molecular formula is C26H32BrN3O5. The standard InChI is InChI=1S/C26H32BrN3O5/c1-33-22-11-16(12-23(34-2)25(22)35-3)26(32)28-17-13-18-7-6-8-19(14-17)30(18)15-24(31)29-21-10-5-4-9-20(21)27/h4-5,9-12,17-19H,6-8,13-15H2,1-3H3,(H,28,32)(H,29,31). The average Bonchev–Trinajstić information content (AvgIpc) is 2.84. The summed E-state index contributed by atoms with van der Waals surface area (Å²) in [6, 6.07) is 11.5. The van der Waals surface area contributed by atoms with Crippen LogP contribution in [0.25, 0.3) is 0 Å². The Balaban J connectivity index is 1.41. The van der Waals surface area contributed by atoms with E-state index in [-0.39, 0.29) is 29.9 Å². The zero-order valence-corrected chi connectivity index (χ0v) is 21.9. The molecule has 2 fully saturated rings. The summed E-state index contributed by atoms with van der Waals surface area (Å²) in [7, 11) is 4.59. The number of carbonyl (C=O) groups is 2. The van der Waals surface area contributed by atoms with Gasteiger partial charge in [-0.25, -0.2) is 0 Å². The predicted molar refractivity (Wildman–Crippen MR) is 137 cm³/mol. The summed E-state index contributed by atoms with van der Waals surface area (Å²) in [5.74, 6) is 1.15. The summed E-state index contributed by atoms with van der Waals surface area (Å²) in [6.45, 7) is 0.351. The van der Waals surface area contributed by atoms with Crippen molar-refractivity contribution in [2.45, 2.75) is 50.2 Å². The summed E-state index contributed by atoms with van der Waals surface area (Å²) < 4.78 is 17.0. The number of anilines is 1. The van der Waals surface area contributed by atoms with Crippen LogP contribution in [0.3, 0.4) is 0 Å². The number of benzene rings is 2. The van der Waals surface area contributed by atoms with Crippen LogP contribution < -0.4 is 24.8 Å². The molecule has 2 bridgehead atoms. The Morgan fingerprint density at radius 1 is 1.00 bits per heavy atom. The van der Waals surface area contributed by atoms with Crippen molar-refractivity contribution in [3.05, 3.63) is 46.4 Å². The SMILES string of the molecule is COc1cc(C(=O)NC2CC3CCCC(C2)N3CC(=O)Nc2ccccc2Br)cc(OC)c1OC. The number of rotatable bonds is 8. The molecule has 2 unspecified atom stereocenters. The maximum atomic E-state index is 13.1. The van der Waals surface area contributed by atoms with E-state index in [9.17, 15) is 9.59 Å². The van der Waals surface area contributed by atoms with Gasteiger partial charge in [0.15, 0.2) is 11.5 Å². The maximum absolute atomic E-state index is 13.1. The van der Waals surface area contributed by atoms with Crippen LogP contribution >= 0.6 is 15.9 Å². The van der Waals surface area contributed by atoms with Crippen LogP contribution in [0.1, 0.15) is 42.5 Å². The van der Waals surface area contributed by atoms with E-state index in [0.717, 1.165) is 42.3 Å². The van der Waals surface area contributed by atoms with E-state index in [1.54, 1.807) is 12.1 Å². The quantitative estimate of drug-likeness (QED) is 0.516. The minimum atomic E-state index is -0.174. The highest BCUT2D eigenvalue weighted by atomic mass is 79.9. The number of hydrogen-bond acceptors (Lipinski definition) is 6. The molecule has 0 aliphatic carbocycles. The van der Waals surface area contributed by atoms with Crippen LogP contribution in [0.15, 0.2) is 40.9 Å². The van der Waals surface area contributed by atoms with E-state index in [1.807, 2.05) is 24.3 Å². The van der Waals surface area contributed by atoms with Crippen molar-refractivity contribution in [1.82, 2.24) is 10.2 Å². The van der Waals surface area contributed by atoms with E-state index in [1.165, 1.54) is 21.3 Å². The highest BCUT2D eigenvalue weighted by molar-refractivity contribution is 9.10. The third-order valence-corrected chi connectivity index (χ3v) is 7.55. The third-order valence-electron chi connectivity index (χ3n) is 6.86. The van der Waals surface area contributed by atoms with E-state index >= 15 is 0 Å². The largest absolute Gasteiger partial charge is 0.493 e. The fourth-order valence-corrected chi connectivity index (χ4v) is 5.64. The number of amides is 2. The number of ether oxygens (including phenoxy) is 3. The van der Waals surface area contributed by atoms with Gasteiger partial charge in [-0.1, -0.05) is 18.6 Å². The summed E-state index contributed by atoms with van der Waals surface area (Å²) in [6.07, 6.45) is 4.82. The number of fused-ring (bicyclic) bond motifs is 2. The number of para-hydroxylation sites is 1. The predicted octanol–water partition coefficient (Wildman–Crippen LogP) is 4.23. The van der Waals surface area contributed by atoms with Gasteiger partial charge in [-0.3, -0.25) is 14.5 Å². The first-order valence-electron chi connectivity index (χ1n) is 11.8. The molecule has 35 heavy (non-hydrogen) atoms. The van der Waals surface area contributed by atoms with Crippen LogP contribution in [-0.4, -0.2) is 62.7 Å². The molecule has 188 valence electrons. The van der Waals surface area contributed by atoms with Gasteiger partial charge >= 0.3 is 0 Å². The second-order valence-electron chi connectivity index (χ2n) is 8.99. The lowest BCUT2D eigenvalue weighted by atomic mass is 9.81. The topological polar surface area (TPSA) is 89.1 Å². The maximum Gasteiger partial charge on any atom is 0.251 e. The number of hydrogen-bond donors (Lipinski definition) is 2. The molecule has 0 spiro atoms. The van der Waals surface area contributed by atoms with Crippen LogP contribution in [0.5, 0.6) is 17.2 Å². The monoisotopic (exact) mass is 545 g/mol. The second kappa shape index (κ2) is 11.3. The van der Waals surface area contributed by atoms with Crippen molar-refractivity contribution in [2.75, 3.05) is 33.2 Å². The number of methoxy groups -OCH3 is 3. The van der Waals surface area contributed by atoms with Crippen LogP contribution in [0, 0.1) is 0 Å². The fourth-order valence-electron chi connectivity index (χ4n) is 5.25. The number of nitrogens with one attached hydrogen (secondary N) is 2. The summed E-state index contributed by atoms with van der Waals surface area (Å²) in [5, 5.41) is 6.21. The first-order valence-corrected chi connectivity index (χ1v) is 12.6. The molecule has 0 saturated carbocycles. The number of halogens is 1. The molecule has 9 heteroatoms. The molecule has 2 aliphatic rings. The molecule has 2 aliphatic heterocycles. The van der Waals surface area contributed by atoms with Gasteiger partial charge in [-0.15, -0.1) is 0 Å². The molecule has 2 aromatic rings. The lowest BCUT2D eigenvalue weighted by molar-refractivity contribution is -0.120. The molecule has 2 aromatic carbocycles. The Kier molecular flexibility index (Phi) is 8.18. The molecule has 2 amide bonds. The van der Waals surface area contributed by atoms with Crippen molar-refractivity contribution in [1.29, 1.82) is 0 Å². The molecule has 8 nitrogen and oxygen atoms in total. The Hall–Kier alpha value is -2.78. The Morgan fingerprint density at radius 2 is 1.63 bits per heavy atom. The van der Waals surface area contributed by atoms with Crippen molar-refractivity contribution >= 4 is 33.4 Å². The molecule has 0 aromatic heterocycles. The summed E-state index contributed by atoms with van der Waals surface area (Å²) >= 11 is 3.48. The van der Waals surface area contributed by atoms with Gasteiger partial charge in [0.25, 0.3) is 5.91 Å². The van der Waals surface area contributed by atoms with Crippen molar-refractivity contribution in [3.8, 4) is 17.2 Å². The minimum absolute atomic E-state index is 0.0197. The highest BCUT2D eigenvalue weighted by Crippen LogP contribution is 2.39. The van der Waals surface area contributed by atoms with Crippen LogP contribution in [0.4, 0.5) is 5.69 Å². The first kappa shape index (κ1) is 25.3. The zero-order chi connectivity index (χ0) is 24.9. The molecule has 0 radical (unpaired) electrons. The molecule has 2 N–H and O–H groups in total. The molecular weight excluding hydrogens is 514 g/mol. The lowest BCUT2D eigenvalue weighted by Crippen LogP contribution is -2.58. The lowest BCUT2D eigenvalue weighted by Gasteiger charge is -2.48. The van der Waals surface area contributed by atoms with E-state index in [4.69, 9.17) is 14.2 Å². The van der Waals surface area contributed by atoms with E-state index in [2.05, 4.69) is 31.5 Å². The van der Waals surface area contributed by atoms with Gasteiger partial charge in [0.05, 0.1) is 33.6 Å². The number of piperidine rings is 2. The molecule has 4 rings (SSSR count). The van der Waals surface area contributed by atoms with Crippen molar-refractivity contribution in [3.63, 3.8) is 0 Å². The third kappa shape index (κ3) is 5.73. The van der Waals surface area contributed by atoms with Gasteiger partial charge in [0, 0.05) is 28.2 Å². The molecule has 2 saturated heterocycles. The molecule has 2 heterocycles. The molecule has 2 atom stereocenters. The minimum Gasteiger partial charge on any atom is -0.493 e. The van der Waals surface area contributed by atoms with Gasteiger partial charge in [0.1, 0.15) is 0 Å². The summed E-state index contributed by atoms with van der Waals surface area (Å²) in [5.41, 5.74) is 1.23. The second-order valence-corrected chi connectivity index (χ2v) is 9.85. The Bertz CT molecular complexity index is 1040. The normalized spacial score (nSPS) is 21.7. The van der Waals surface area contributed by atoms with Crippen molar-refractivity contribution < 1.29 is 23.8 Å². The fraction of sp³-hybridized carbons (Fsp3) is 0.462. The number of carbonyl (C=O) groups excluding carboxylic acids is 2. The zero-order valence-electron chi connectivity index (χ0n) is 20.3. The van der Waals surface area contributed by atoms with E-state index in [0.29, 0.717) is 29.4 Å². The smallest absolute Gasteiger partial charge is 0.251 e. The van der Waals surface area contributed by atoms with Gasteiger partial charge in [0.2, 0.25) is 11.7 Å². The highest BCUT2D eigenvalue weighted by Gasteiger charge is 2.39. The summed E-state index contributed by atoms with van der Waals surface area (Å²) in [4.78, 5) is 28.2. The van der Waals surface area contributed by atoms with Gasteiger partial charge in [-0.2, -0.15) is 0 Å². The van der Waals surface area contributed by atoms with Crippen LogP contribution in [-0.2, 0) is 4.79 Å². The van der Waals surface area contributed by atoms with Gasteiger partial charge in [-0.05, 0) is 65.9 Å². The Labute approximate surface area is 214 Å². The average molecular weight is 546 g/mol. The first-order chi connectivity index (χ1) is 16.9. The van der Waals surface area contributed by atoms with Gasteiger partial charge < -0.3 is 24.8 Å². The Morgan fingerprint density at radius 3 is 2.20 bits per heavy atom. The number of nitrogens with zero attached hydrogens (tertiary/aromatic N) is 1. The van der Waals surface area contributed by atoms with Crippen molar-refractivity contribution in [2.24, 2.45) is 0 Å². The van der Waals surface area contributed by atoms with Crippen LogP contribution in [0.2, 0.25) is 0 Å².